The summed E-state index contributed by atoms with van der Waals surface area (Å²) in [6, 6.07) is 7.64. The number of ether oxygens (including phenoxy) is 1. The predicted octanol–water partition coefficient (Wildman–Crippen LogP) is 1.66. The third-order valence-corrected chi connectivity index (χ3v) is 4.19. The van der Waals surface area contributed by atoms with Crippen molar-refractivity contribution in [2.45, 2.75) is 19.4 Å². The van der Waals surface area contributed by atoms with E-state index in [9.17, 15) is 4.79 Å². The van der Waals surface area contributed by atoms with Crippen molar-refractivity contribution in [1.29, 1.82) is 0 Å². The number of benzene rings is 1. The third kappa shape index (κ3) is 2.72. The maximum atomic E-state index is 12.6. The van der Waals surface area contributed by atoms with Crippen LogP contribution in [-0.2, 0) is 0 Å². The van der Waals surface area contributed by atoms with Crippen LogP contribution in [0.1, 0.15) is 23.7 Å². The van der Waals surface area contributed by atoms with Gasteiger partial charge < -0.3 is 4.74 Å². The second kappa shape index (κ2) is 5.94. The molecule has 0 N–H and O–H groups in total. The van der Waals surface area contributed by atoms with E-state index < -0.39 is 0 Å². The predicted molar refractivity (Wildman–Crippen MR) is 78.4 cm³/mol. The van der Waals surface area contributed by atoms with Gasteiger partial charge >= 0.3 is 0 Å². The fourth-order valence-electron chi connectivity index (χ4n) is 2.99. The highest BCUT2D eigenvalue weighted by Crippen LogP contribution is 2.21. The molecule has 3 saturated heterocycles. The molecule has 1 atom stereocenters. The Morgan fingerprint density at radius 1 is 1.20 bits per heavy atom. The highest BCUT2D eigenvalue weighted by molar-refractivity contribution is 6.00. The molecule has 3 fully saturated rings. The average molecular weight is 274 g/mol. The van der Waals surface area contributed by atoms with Crippen LogP contribution in [0.2, 0.25) is 0 Å². The Hall–Kier alpha value is -1.39. The second-order valence-corrected chi connectivity index (χ2v) is 5.59. The van der Waals surface area contributed by atoms with E-state index in [1.54, 1.807) is 0 Å². The average Bonchev–Trinajstić information content (AvgIpc) is 2.54. The molecule has 0 spiro atoms. The molecule has 2 bridgehead atoms. The van der Waals surface area contributed by atoms with Crippen LogP contribution in [0.4, 0.5) is 0 Å². The van der Waals surface area contributed by atoms with Gasteiger partial charge in [0.05, 0.1) is 12.6 Å². The van der Waals surface area contributed by atoms with E-state index >= 15 is 0 Å². The van der Waals surface area contributed by atoms with Gasteiger partial charge in [0.15, 0.2) is 5.78 Å². The number of rotatable bonds is 5. The van der Waals surface area contributed by atoms with Crippen molar-refractivity contribution in [1.82, 2.24) is 9.80 Å². The lowest BCUT2D eigenvalue weighted by atomic mass is 9.98. The normalized spacial score (nSPS) is 28.4. The lowest BCUT2D eigenvalue weighted by Gasteiger charge is -2.46. The standard InChI is InChI=1S/C16H22N2O2/c1-2-11-20-14-5-3-13(4-6-14)16(19)15-12-17-7-9-18(15)10-8-17/h3-6,15H,2,7-12H2,1H3. The number of ketones is 1. The molecule has 3 aliphatic heterocycles. The first-order valence-corrected chi connectivity index (χ1v) is 7.51. The van der Waals surface area contributed by atoms with Crippen LogP contribution in [0, 0.1) is 0 Å². The number of carbonyl (C=O) groups excluding carboxylic acids is 1. The van der Waals surface area contributed by atoms with Gasteiger partial charge in [-0.2, -0.15) is 0 Å². The molecule has 0 amide bonds. The molecule has 0 aromatic heterocycles. The van der Waals surface area contributed by atoms with E-state index in [1.165, 1.54) is 0 Å². The number of carbonyl (C=O) groups is 1. The van der Waals surface area contributed by atoms with E-state index in [1.807, 2.05) is 24.3 Å². The summed E-state index contributed by atoms with van der Waals surface area (Å²) < 4.78 is 5.55. The van der Waals surface area contributed by atoms with Gasteiger partial charge in [0, 0.05) is 38.3 Å². The molecular weight excluding hydrogens is 252 g/mol. The third-order valence-electron chi connectivity index (χ3n) is 4.19. The molecular formula is C16H22N2O2. The molecule has 108 valence electrons. The van der Waals surface area contributed by atoms with Gasteiger partial charge in [-0.3, -0.25) is 14.6 Å². The lowest BCUT2D eigenvalue weighted by molar-refractivity contribution is 0.0159. The van der Waals surface area contributed by atoms with Crippen molar-refractivity contribution in [2.75, 3.05) is 39.3 Å². The Balaban J connectivity index is 1.67. The molecule has 3 aliphatic rings. The minimum absolute atomic E-state index is 0.0416. The Bertz CT molecular complexity index is 464. The summed E-state index contributed by atoms with van der Waals surface area (Å²) in [6.45, 7) is 7.94. The number of hydrogen-bond donors (Lipinski definition) is 0. The Labute approximate surface area is 120 Å². The zero-order chi connectivity index (χ0) is 13.9. The summed E-state index contributed by atoms with van der Waals surface area (Å²) in [4.78, 5) is 17.3. The highest BCUT2D eigenvalue weighted by atomic mass is 16.5. The minimum atomic E-state index is 0.0416. The molecule has 0 radical (unpaired) electrons. The number of piperazine rings is 3. The highest BCUT2D eigenvalue weighted by Gasteiger charge is 2.36. The van der Waals surface area contributed by atoms with Crippen LogP contribution in [-0.4, -0.2) is 61.0 Å². The Kier molecular flexibility index (Phi) is 4.03. The zero-order valence-electron chi connectivity index (χ0n) is 12.0. The topological polar surface area (TPSA) is 32.8 Å². The molecule has 0 saturated carbocycles. The molecule has 0 aliphatic carbocycles. The smallest absolute Gasteiger partial charge is 0.181 e. The van der Waals surface area contributed by atoms with Crippen LogP contribution in [0.15, 0.2) is 24.3 Å². The second-order valence-electron chi connectivity index (χ2n) is 5.59. The zero-order valence-corrected chi connectivity index (χ0v) is 12.0. The SMILES string of the molecule is CCCOc1ccc(C(=O)C2CN3CCN2CC3)cc1. The quantitative estimate of drug-likeness (QED) is 0.765. The number of Topliss-reactive ketones (excluding diaryl/α,β-unsaturated/α-hetero) is 1. The van der Waals surface area contributed by atoms with Gasteiger partial charge in [-0.15, -0.1) is 0 Å². The van der Waals surface area contributed by atoms with Gasteiger partial charge in [0.25, 0.3) is 0 Å². The van der Waals surface area contributed by atoms with Crippen molar-refractivity contribution in [3.8, 4) is 5.75 Å². The summed E-state index contributed by atoms with van der Waals surface area (Å²) in [7, 11) is 0. The van der Waals surface area contributed by atoms with E-state index in [0.29, 0.717) is 0 Å². The monoisotopic (exact) mass is 274 g/mol. The van der Waals surface area contributed by atoms with E-state index in [4.69, 9.17) is 4.74 Å². The van der Waals surface area contributed by atoms with Crippen molar-refractivity contribution in [3.05, 3.63) is 29.8 Å². The summed E-state index contributed by atoms with van der Waals surface area (Å²) >= 11 is 0. The molecule has 1 aromatic rings. The minimum Gasteiger partial charge on any atom is -0.494 e. The van der Waals surface area contributed by atoms with Crippen LogP contribution < -0.4 is 4.74 Å². The molecule has 1 unspecified atom stereocenters. The lowest BCUT2D eigenvalue weighted by Crippen LogP contribution is -2.63. The van der Waals surface area contributed by atoms with Crippen LogP contribution >= 0.6 is 0 Å². The molecule has 4 nitrogen and oxygen atoms in total. The summed E-state index contributed by atoms with van der Waals surface area (Å²) in [5.41, 5.74) is 0.799. The first kappa shape index (κ1) is 13.6. The molecule has 3 heterocycles. The van der Waals surface area contributed by atoms with Crippen molar-refractivity contribution >= 4 is 5.78 Å². The Morgan fingerprint density at radius 3 is 2.45 bits per heavy atom. The van der Waals surface area contributed by atoms with E-state index in [2.05, 4.69) is 16.7 Å². The molecule has 4 heteroatoms. The molecule has 4 rings (SSSR count). The maximum absolute atomic E-state index is 12.6. The van der Waals surface area contributed by atoms with Gasteiger partial charge in [0.1, 0.15) is 5.75 Å². The molecule has 1 aromatic carbocycles. The van der Waals surface area contributed by atoms with E-state index in [-0.39, 0.29) is 11.8 Å². The van der Waals surface area contributed by atoms with Gasteiger partial charge in [-0.1, -0.05) is 6.92 Å². The van der Waals surface area contributed by atoms with Crippen LogP contribution in [0.25, 0.3) is 0 Å². The fourth-order valence-corrected chi connectivity index (χ4v) is 2.99. The number of nitrogens with zero attached hydrogens (tertiary/aromatic N) is 2. The van der Waals surface area contributed by atoms with Crippen molar-refractivity contribution in [3.63, 3.8) is 0 Å². The van der Waals surface area contributed by atoms with Gasteiger partial charge in [-0.25, -0.2) is 0 Å². The first-order valence-electron chi connectivity index (χ1n) is 7.51. The van der Waals surface area contributed by atoms with Crippen LogP contribution in [0.5, 0.6) is 5.75 Å². The Morgan fingerprint density at radius 2 is 1.90 bits per heavy atom. The fraction of sp³-hybridized carbons (Fsp3) is 0.562. The summed E-state index contributed by atoms with van der Waals surface area (Å²) in [5.74, 6) is 1.09. The maximum Gasteiger partial charge on any atom is 0.181 e. The van der Waals surface area contributed by atoms with Crippen molar-refractivity contribution < 1.29 is 9.53 Å². The van der Waals surface area contributed by atoms with Gasteiger partial charge in [0.2, 0.25) is 0 Å². The molecule has 20 heavy (non-hydrogen) atoms. The van der Waals surface area contributed by atoms with E-state index in [0.717, 1.165) is 57.1 Å². The van der Waals surface area contributed by atoms with Gasteiger partial charge in [-0.05, 0) is 30.7 Å². The van der Waals surface area contributed by atoms with Crippen LogP contribution in [0.3, 0.4) is 0 Å². The summed E-state index contributed by atoms with van der Waals surface area (Å²) in [6.07, 6.45) is 0.994. The number of fused-ring (bicyclic) bond motifs is 3. The first-order chi connectivity index (χ1) is 9.78. The van der Waals surface area contributed by atoms with Crippen molar-refractivity contribution in [2.24, 2.45) is 0 Å². The summed E-state index contributed by atoms with van der Waals surface area (Å²) in [5, 5.41) is 0. The largest absolute Gasteiger partial charge is 0.494 e. The number of hydrogen-bond acceptors (Lipinski definition) is 4.